The van der Waals surface area contributed by atoms with Crippen molar-refractivity contribution in [1.29, 1.82) is 0 Å². The molecule has 3 heterocycles. The highest BCUT2D eigenvalue weighted by Gasteiger charge is 2.39. The Hall–Kier alpha value is -2.49. The third kappa shape index (κ3) is 3.18. The Labute approximate surface area is 157 Å². The predicted octanol–water partition coefficient (Wildman–Crippen LogP) is 0.297. The molecule has 142 valence electrons. The van der Waals surface area contributed by atoms with Crippen LogP contribution in [-0.2, 0) is 21.9 Å². The molecule has 0 unspecified atom stereocenters. The minimum atomic E-state index is -3.65. The van der Waals surface area contributed by atoms with Crippen LogP contribution in [0.2, 0.25) is 0 Å². The standard InChI is InChI=1S/C18H20N4O4S/c1-20-8-7-16(19-20)27(25,26)22-11-14-9-21(10-15(14)12-22)18(24)17(23)13-5-3-2-4-6-13/h2-8,17,23H,9-12H2,1H3/t17-/m1/s1. The Morgan fingerprint density at radius 1 is 1.07 bits per heavy atom. The van der Waals surface area contributed by atoms with Crippen molar-refractivity contribution >= 4 is 15.9 Å². The first-order valence-electron chi connectivity index (χ1n) is 8.57. The SMILES string of the molecule is Cn1ccc(S(=O)(=O)N2CC3=C(CN(C(=O)[C@H](O)c4ccccc4)C3)C2)n1. The van der Waals surface area contributed by atoms with Crippen LogP contribution in [0.5, 0.6) is 0 Å². The van der Waals surface area contributed by atoms with Gasteiger partial charge in [-0.25, -0.2) is 8.42 Å². The van der Waals surface area contributed by atoms with E-state index in [4.69, 9.17) is 0 Å². The third-order valence-corrected chi connectivity index (χ3v) is 6.64. The summed E-state index contributed by atoms with van der Waals surface area (Å²) in [7, 11) is -1.98. The second-order valence-corrected chi connectivity index (χ2v) is 8.70. The first-order valence-corrected chi connectivity index (χ1v) is 10.0. The van der Waals surface area contributed by atoms with Gasteiger partial charge < -0.3 is 10.0 Å². The van der Waals surface area contributed by atoms with Gasteiger partial charge in [0.2, 0.25) is 0 Å². The molecule has 0 aliphatic carbocycles. The van der Waals surface area contributed by atoms with Gasteiger partial charge in [0.25, 0.3) is 15.9 Å². The summed E-state index contributed by atoms with van der Waals surface area (Å²) in [4.78, 5) is 14.2. The van der Waals surface area contributed by atoms with Crippen LogP contribution in [0.25, 0.3) is 0 Å². The van der Waals surface area contributed by atoms with Gasteiger partial charge in [-0.15, -0.1) is 0 Å². The molecule has 8 nitrogen and oxygen atoms in total. The van der Waals surface area contributed by atoms with E-state index in [-0.39, 0.29) is 24.0 Å². The van der Waals surface area contributed by atoms with Crippen LogP contribution < -0.4 is 0 Å². The number of carbonyl (C=O) groups excluding carboxylic acids is 1. The summed E-state index contributed by atoms with van der Waals surface area (Å²) in [5.41, 5.74) is 2.39. The molecule has 0 radical (unpaired) electrons. The van der Waals surface area contributed by atoms with Crippen molar-refractivity contribution in [3.63, 3.8) is 0 Å². The first kappa shape index (κ1) is 17.9. The summed E-state index contributed by atoms with van der Waals surface area (Å²) in [5.74, 6) is -0.366. The van der Waals surface area contributed by atoms with Gasteiger partial charge in [-0.05, 0) is 22.8 Å². The molecule has 9 heteroatoms. The fraction of sp³-hybridized carbons (Fsp3) is 0.333. The predicted molar refractivity (Wildman–Crippen MR) is 97.0 cm³/mol. The average molecular weight is 388 g/mol. The maximum Gasteiger partial charge on any atom is 0.262 e. The summed E-state index contributed by atoms with van der Waals surface area (Å²) in [6.45, 7) is 1.18. The normalized spacial score (nSPS) is 18.8. The number of benzene rings is 1. The van der Waals surface area contributed by atoms with Gasteiger partial charge in [0.15, 0.2) is 11.1 Å². The van der Waals surface area contributed by atoms with E-state index < -0.39 is 16.1 Å². The number of aliphatic hydroxyl groups excluding tert-OH is 1. The fourth-order valence-electron chi connectivity index (χ4n) is 3.49. The third-order valence-electron chi connectivity index (χ3n) is 4.95. The number of hydrogen-bond acceptors (Lipinski definition) is 5. The van der Waals surface area contributed by atoms with Crippen LogP contribution in [0.4, 0.5) is 0 Å². The summed E-state index contributed by atoms with van der Waals surface area (Å²) in [6, 6.07) is 10.3. The van der Waals surface area contributed by atoms with Gasteiger partial charge in [-0.1, -0.05) is 30.3 Å². The van der Waals surface area contributed by atoms with Crippen molar-refractivity contribution in [3.8, 4) is 0 Å². The van der Waals surface area contributed by atoms with Crippen molar-refractivity contribution in [2.75, 3.05) is 26.2 Å². The number of nitrogens with zero attached hydrogens (tertiary/aromatic N) is 4. The van der Waals surface area contributed by atoms with Crippen LogP contribution in [0.1, 0.15) is 11.7 Å². The molecule has 2 aromatic rings. The number of sulfonamides is 1. The molecule has 1 N–H and O–H groups in total. The molecule has 1 amide bonds. The van der Waals surface area contributed by atoms with Crippen molar-refractivity contribution in [2.24, 2.45) is 7.05 Å². The second kappa shape index (κ2) is 6.59. The van der Waals surface area contributed by atoms with Crippen molar-refractivity contribution in [3.05, 3.63) is 59.3 Å². The van der Waals surface area contributed by atoms with Gasteiger partial charge in [0, 0.05) is 39.4 Å². The molecule has 1 atom stereocenters. The van der Waals surface area contributed by atoms with E-state index in [0.717, 1.165) is 11.1 Å². The molecule has 0 spiro atoms. The van der Waals surface area contributed by atoms with Crippen LogP contribution in [-0.4, -0.2) is 64.6 Å². The number of hydrogen-bond donors (Lipinski definition) is 1. The van der Waals surface area contributed by atoms with E-state index in [0.29, 0.717) is 18.7 Å². The maximum atomic E-state index is 12.7. The molecule has 0 saturated carbocycles. The molecule has 4 rings (SSSR count). The van der Waals surface area contributed by atoms with Crippen LogP contribution in [0, 0.1) is 0 Å². The number of aryl methyl sites for hydroxylation is 1. The van der Waals surface area contributed by atoms with Gasteiger partial charge in [0.1, 0.15) is 0 Å². The Morgan fingerprint density at radius 2 is 1.70 bits per heavy atom. The highest BCUT2D eigenvalue weighted by atomic mass is 32.2. The highest BCUT2D eigenvalue weighted by molar-refractivity contribution is 7.89. The van der Waals surface area contributed by atoms with E-state index in [9.17, 15) is 18.3 Å². The molecule has 2 aliphatic rings. The fourth-order valence-corrected chi connectivity index (χ4v) is 4.87. The Balaban J connectivity index is 1.42. The van der Waals surface area contributed by atoms with Crippen molar-refractivity contribution in [1.82, 2.24) is 19.0 Å². The van der Waals surface area contributed by atoms with E-state index in [2.05, 4.69) is 5.10 Å². The number of amides is 1. The minimum absolute atomic E-state index is 0.0265. The Kier molecular flexibility index (Phi) is 4.37. The lowest BCUT2D eigenvalue weighted by molar-refractivity contribution is -0.139. The van der Waals surface area contributed by atoms with Crippen LogP contribution >= 0.6 is 0 Å². The van der Waals surface area contributed by atoms with Gasteiger partial charge in [0.05, 0.1) is 0 Å². The average Bonchev–Trinajstić information content (AvgIpc) is 3.35. The number of carbonyl (C=O) groups is 1. The Morgan fingerprint density at radius 3 is 2.26 bits per heavy atom. The number of rotatable bonds is 4. The van der Waals surface area contributed by atoms with E-state index >= 15 is 0 Å². The van der Waals surface area contributed by atoms with E-state index in [1.165, 1.54) is 15.1 Å². The van der Waals surface area contributed by atoms with Crippen molar-refractivity contribution in [2.45, 2.75) is 11.1 Å². The van der Waals surface area contributed by atoms with Crippen molar-refractivity contribution < 1.29 is 18.3 Å². The maximum absolute atomic E-state index is 12.7. The molecule has 0 saturated heterocycles. The molecular formula is C18H20N4O4S. The zero-order valence-electron chi connectivity index (χ0n) is 14.8. The lowest BCUT2D eigenvalue weighted by Crippen LogP contribution is -2.38. The van der Waals surface area contributed by atoms with Gasteiger partial charge in [-0.3, -0.25) is 9.48 Å². The zero-order valence-corrected chi connectivity index (χ0v) is 15.6. The minimum Gasteiger partial charge on any atom is -0.378 e. The highest BCUT2D eigenvalue weighted by Crippen LogP contribution is 2.30. The summed E-state index contributed by atoms with van der Waals surface area (Å²) in [5, 5.41) is 14.3. The largest absolute Gasteiger partial charge is 0.378 e. The molecule has 27 heavy (non-hydrogen) atoms. The van der Waals surface area contributed by atoms with E-state index in [1.807, 2.05) is 6.07 Å². The smallest absolute Gasteiger partial charge is 0.262 e. The monoisotopic (exact) mass is 388 g/mol. The second-order valence-electron chi connectivity index (χ2n) is 6.82. The summed E-state index contributed by atoms with van der Waals surface area (Å²) < 4.78 is 28.2. The summed E-state index contributed by atoms with van der Waals surface area (Å²) in [6.07, 6.45) is 0.384. The number of aromatic nitrogens is 2. The van der Waals surface area contributed by atoms with Crippen LogP contribution in [0.3, 0.4) is 0 Å². The lowest BCUT2D eigenvalue weighted by Gasteiger charge is -2.24. The first-order chi connectivity index (χ1) is 12.9. The molecular weight excluding hydrogens is 368 g/mol. The molecule has 0 bridgehead atoms. The van der Waals surface area contributed by atoms with Crippen LogP contribution in [0.15, 0.2) is 58.8 Å². The van der Waals surface area contributed by atoms with Gasteiger partial charge >= 0.3 is 0 Å². The lowest BCUT2D eigenvalue weighted by atomic mass is 10.1. The molecule has 1 aromatic heterocycles. The van der Waals surface area contributed by atoms with E-state index in [1.54, 1.807) is 42.4 Å². The zero-order chi connectivity index (χ0) is 19.2. The summed E-state index contributed by atoms with van der Waals surface area (Å²) >= 11 is 0. The molecule has 2 aliphatic heterocycles. The van der Waals surface area contributed by atoms with Gasteiger partial charge in [-0.2, -0.15) is 9.40 Å². The Bertz CT molecular complexity index is 995. The molecule has 0 fully saturated rings. The molecule has 1 aromatic carbocycles. The quantitative estimate of drug-likeness (QED) is 0.760. The number of aliphatic hydroxyl groups is 1. The topological polar surface area (TPSA) is 95.7 Å².